The van der Waals surface area contributed by atoms with Gasteiger partial charge >= 0.3 is 5.97 Å². The lowest BCUT2D eigenvalue weighted by molar-refractivity contribution is 0.0432. The van der Waals surface area contributed by atoms with Crippen molar-refractivity contribution in [2.45, 2.75) is 6.61 Å². The van der Waals surface area contributed by atoms with Gasteiger partial charge in [0.05, 0.1) is 12.0 Å². The number of rotatable bonds is 5. The topological polar surface area (TPSA) is 64.4 Å². The van der Waals surface area contributed by atoms with E-state index in [1.165, 1.54) is 17.6 Å². The van der Waals surface area contributed by atoms with Gasteiger partial charge in [0.2, 0.25) is 5.76 Å². The van der Waals surface area contributed by atoms with Crippen LogP contribution in [0.3, 0.4) is 0 Å². The molecule has 6 heteroatoms. The van der Waals surface area contributed by atoms with Crippen molar-refractivity contribution < 1.29 is 13.9 Å². The van der Waals surface area contributed by atoms with Crippen molar-refractivity contribution in [1.29, 1.82) is 0 Å². The summed E-state index contributed by atoms with van der Waals surface area (Å²) in [6, 6.07) is 13.0. The molecule has 0 atom stereocenters. The Balaban J connectivity index is 1.57. The zero-order valence-corrected chi connectivity index (χ0v) is 11.8. The average Bonchev–Trinajstić information content (AvgIpc) is 3.17. The van der Waals surface area contributed by atoms with Crippen LogP contribution < -0.4 is 5.32 Å². The smallest absolute Gasteiger partial charge is 0.374 e. The highest BCUT2D eigenvalue weighted by molar-refractivity contribution is 7.13. The molecule has 0 fully saturated rings. The monoisotopic (exact) mass is 300 g/mol. The van der Waals surface area contributed by atoms with Gasteiger partial charge < -0.3 is 14.5 Å². The summed E-state index contributed by atoms with van der Waals surface area (Å²) >= 11 is 1.46. The lowest BCUT2D eigenvalue weighted by Crippen LogP contribution is -2.04. The lowest BCUT2D eigenvalue weighted by Gasteiger charge is -2.01. The SMILES string of the molecule is O=C(OCc1csc(Nc2ccccc2)n1)c1ccco1. The number of hydrogen-bond donors (Lipinski definition) is 1. The standard InChI is InChI=1S/C15H12N2O3S/c18-14(13-7-4-8-19-13)20-9-12-10-21-15(17-12)16-11-5-2-1-3-6-11/h1-8,10H,9H2,(H,16,17). The van der Waals surface area contributed by atoms with E-state index in [1.54, 1.807) is 12.1 Å². The van der Waals surface area contributed by atoms with Crippen molar-refractivity contribution in [3.63, 3.8) is 0 Å². The second-order valence-electron chi connectivity index (χ2n) is 4.19. The first-order chi connectivity index (χ1) is 10.3. The van der Waals surface area contributed by atoms with E-state index < -0.39 is 5.97 Å². The van der Waals surface area contributed by atoms with Crippen LogP contribution in [0.4, 0.5) is 10.8 Å². The Labute approximate surface area is 125 Å². The van der Waals surface area contributed by atoms with Crippen molar-refractivity contribution in [3.8, 4) is 0 Å². The summed E-state index contributed by atoms with van der Waals surface area (Å²) in [5.74, 6) is -0.307. The van der Waals surface area contributed by atoms with Crippen LogP contribution in [-0.4, -0.2) is 11.0 Å². The highest BCUT2D eigenvalue weighted by Gasteiger charge is 2.11. The van der Waals surface area contributed by atoms with Crippen LogP contribution in [0.15, 0.2) is 58.5 Å². The first kappa shape index (κ1) is 13.4. The maximum absolute atomic E-state index is 11.6. The summed E-state index contributed by atoms with van der Waals surface area (Å²) in [5.41, 5.74) is 1.66. The van der Waals surface area contributed by atoms with E-state index in [9.17, 15) is 4.79 Å². The Bertz CT molecular complexity index is 708. The number of benzene rings is 1. The summed E-state index contributed by atoms with van der Waals surface area (Å²) < 4.78 is 10.1. The number of hydrogen-bond acceptors (Lipinski definition) is 6. The first-order valence-electron chi connectivity index (χ1n) is 6.28. The number of para-hydroxylation sites is 1. The molecular weight excluding hydrogens is 288 g/mol. The molecule has 1 aromatic carbocycles. The van der Waals surface area contributed by atoms with E-state index in [4.69, 9.17) is 9.15 Å². The van der Waals surface area contributed by atoms with Crippen molar-refractivity contribution in [3.05, 3.63) is 65.6 Å². The number of nitrogens with zero attached hydrogens (tertiary/aromatic N) is 1. The van der Waals surface area contributed by atoms with E-state index in [0.717, 1.165) is 10.8 Å². The van der Waals surface area contributed by atoms with Gasteiger partial charge in [-0.2, -0.15) is 0 Å². The molecule has 106 valence electrons. The molecule has 2 aromatic heterocycles. The Hall–Kier alpha value is -2.60. The highest BCUT2D eigenvalue weighted by atomic mass is 32.1. The van der Waals surface area contributed by atoms with Crippen LogP contribution in [-0.2, 0) is 11.3 Å². The predicted molar refractivity (Wildman–Crippen MR) is 79.7 cm³/mol. The second-order valence-corrected chi connectivity index (χ2v) is 5.05. The number of thiazole rings is 1. The van der Waals surface area contributed by atoms with Gasteiger partial charge in [0, 0.05) is 11.1 Å². The zero-order chi connectivity index (χ0) is 14.5. The number of esters is 1. The fourth-order valence-electron chi connectivity index (χ4n) is 1.68. The molecule has 0 saturated heterocycles. The van der Waals surface area contributed by atoms with Gasteiger partial charge in [-0.05, 0) is 24.3 Å². The number of furan rings is 1. The van der Waals surface area contributed by atoms with Crippen molar-refractivity contribution in [2.24, 2.45) is 0 Å². The minimum Gasteiger partial charge on any atom is -0.457 e. The highest BCUT2D eigenvalue weighted by Crippen LogP contribution is 2.21. The average molecular weight is 300 g/mol. The summed E-state index contributed by atoms with van der Waals surface area (Å²) in [5, 5.41) is 5.79. The van der Waals surface area contributed by atoms with E-state index in [2.05, 4.69) is 10.3 Å². The summed E-state index contributed by atoms with van der Waals surface area (Å²) in [4.78, 5) is 16.0. The number of carbonyl (C=O) groups is 1. The molecule has 0 unspecified atom stereocenters. The Morgan fingerprint density at radius 1 is 1.24 bits per heavy atom. The molecule has 3 rings (SSSR count). The van der Waals surface area contributed by atoms with Gasteiger partial charge in [0.25, 0.3) is 0 Å². The van der Waals surface area contributed by atoms with E-state index in [0.29, 0.717) is 5.69 Å². The van der Waals surface area contributed by atoms with Crippen LogP contribution in [0, 0.1) is 0 Å². The van der Waals surface area contributed by atoms with Gasteiger partial charge in [-0.15, -0.1) is 11.3 Å². The quantitative estimate of drug-likeness (QED) is 0.725. The molecule has 0 saturated carbocycles. The maximum Gasteiger partial charge on any atom is 0.374 e. The molecule has 5 nitrogen and oxygen atoms in total. The molecule has 0 radical (unpaired) electrons. The molecule has 0 aliphatic rings. The van der Waals surface area contributed by atoms with E-state index >= 15 is 0 Å². The van der Waals surface area contributed by atoms with Gasteiger partial charge in [-0.1, -0.05) is 18.2 Å². The van der Waals surface area contributed by atoms with Crippen molar-refractivity contribution >= 4 is 28.1 Å². The van der Waals surface area contributed by atoms with Crippen LogP contribution in [0.2, 0.25) is 0 Å². The molecular formula is C15H12N2O3S. The number of aromatic nitrogens is 1. The molecule has 0 amide bonds. The minimum atomic E-state index is -0.495. The number of ether oxygens (including phenoxy) is 1. The third-order valence-corrected chi connectivity index (χ3v) is 3.46. The minimum absolute atomic E-state index is 0.118. The van der Waals surface area contributed by atoms with Crippen molar-refractivity contribution in [2.75, 3.05) is 5.32 Å². The number of carbonyl (C=O) groups excluding carboxylic acids is 1. The van der Waals surface area contributed by atoms with Crippen LogP contribution in [0.25, 0.3) is 0 Å². The third kappa shape index (κ3) is 3.49. The largest absolute Gasteiger partial charge is 0.457 e. The molecule has 21 heavy (non-hydrogen) atoms. The normalized spacial score (nSPS) is 10.3. The van der Waals surface area contributed by atoms with Crippen LogP contribution in [0.1, 0.15) is 16.2 Å². The van der Waals surface area contributed by atoms with Gasteiger partial charge in [0.1, 0.15) is 6.61 Å². The Kier molecular flexibility index (Phi) is 3.97. The second kappa shape index (κ2) is 6.23. The molecule has 0 aliphatic heterocycles. The molecule has 1 N–H and O–H groups in total. The summed E-state index contributed by atoms with van der Waals surface area (Å²) in [7, 11) is 0. The Morgan fingerprint density at radius 2 is 2.10 bits per heavy atom. The summed E-state index contributed by atoms with van der Waals surface area (Å²) in [6.45, 7) is 0.118. The first-order valence-corrected chi connectivity index (χ1v) is 7.16. The molecule has 2 heterocycles. The van der Waals surface area contributed by atoms with Crippen LogP contribution in [0.5, 0.6) is 0 Å². The van der Waals surface area contributed by atoms with Gasteiger partial charge in [0.15, 0.2) is 5.13 Å². The number of nitrogens with one attached hydrogen (secondary N) is 1. The fourth-order valence-corrected chi connectivity index (χ4v) is 2.40. The third-order valence-electron chi connectivity index (χ3n) is 2.65. The fraction of sp³-hybridized carbons (Fsp3) is 0.0667. The molecule has 0 aliphatic carbocycles. The zero-order valence-electron chi connectivity index (χ0n) is 11.0. The molecule has 0 bridgehead atoms. The summed E-state index contributed by atoms with van der Waals surface area (Å²) in [6.07, 6.45) is 1.43. The van der Waals surface area contributed by atoms with Crippen LogP contribution >= 0.6 is 11.3 Å². The van der Waals surface area contributed by atoms with E-state index in [-0.39, 0.29) is 12.4 Å². The number of anilines is 2. The lowest BCUT2D eigenvalue weighted by atomic mass is 10.3. The molecule has 0 spiro atoms. The van der Waals surface area contributed by atoms with Gasteiger partial charge in [-0.3, -0.25) is 0 Å². The molecule has 3 aromatic rings. The Morgan fingerprint density at radius 3 is 2.86 bits per heavy atom. The predicted octanol–water partition coefficient (Wildman–Crippen LogP) is 3.84. The van der Waals surface area contributed by atoms with Crippen molar-refractivity contribution in [1.82, 2.24) is 4.98 Å². The van der Waals surface area contributed by atoms with E-state index in [1.807, 2.05) is 35.7 Å². The maximum atomic E-state index is 11.6. The van der Waals surface area contributed by atoms with Gasteiger partial charge in [-0.25, -0.2) is 9.78 Å².